The molecule has 0 aliphatic carbocycles. The molecule has 1 aromatic carbocycles. The largest absolute Gasteiger partial charge is 0.468 e. The van der Waals surface area contributed by atoms with E-state index in [1.54, 1.807) is 6.26 Å². The third-order valence-electron chi connectivity index (χ3n) is 6.45. The zero-order chi connectivity index (χ0) is 22.6. The molecule has 7 nitrogen and oxygen atoms in total. The molecular formula is C23H30FN3O4S. The number of nitrogens with zero attached hydrogens (tertiary/aromatic N) is 2. The minimum Gasteiger partial charge on any atom is -0.468 e. The van der Waals surface area contributed by atoms with Crippen LogP contribution in [0.1, 0.15) is 43.9 Å². The van der Waals surface area contributed by atoms with E-state index in [-0.39, 0.29) is 35.9 Å². The van der Waals surface area contributed by atoms with Gasteiger partial charge in [-0.15, -0.1) is 0 Å². The Morgan fingerprint density at radius 2 is 1.75 bits per heavy atom. The molecule has 32 heavy (non-hydrogen) atoms. The van der Waals surface area contributed by atoms with Crippen LogP contribution in [0.3, 0.4) is 0 Å². The van der Waals surface area contributed by atoms with Crippen LogP contribution in [0.5, 0.6) is 0 Å². The zero-order valence-electron chi connectivity index (χ0n) is 18.1. The molecule has 2 aromatic rings. The molecule has 0 spiro atoms. The van der Waals surface area contributed by atoms with Gasteiger partial charge in [-0.3, -0.25) is 9.69 Å². The van der Waals surface area contributed by atoms with E-state index < -0.39 is 15.8 Å². The Bertz CT molecular complexity index is 981. The van der Waals surface area contributed by atoms with E-state index >= 15 is 0 Å². The summed E-state index contributed by atoms with van der Waals surface area (Å²) in [5, 5.41) is 3.08. The smallest absolute Gasteiger partial charge is 0.243 e. The number of amides is 1. The van der Waals surface area contributed by atoms with Gasteiger partial charge in [0.1, 0.15) is 11.6 Å². The van der Waals surface area contributed by atoms with Crippen molar-refractivity contribution in [3.63, 3.8) is 0 Å². The third kappa shape index (κ3) is 5.22. The third-order valence-corrected chi connectivity index (χ3v) is 8.36. The Morgan fingerprint density at radius 3 is 2.38 bits per heavy atom. The highest BCUT2D eigenvalue weighted by molar-refractivity contribution is 7.89. The molecule has 1 atom stereocenters. The monoisotopic (exact) mass is 463 g/mol. The molecule has 2 aliphatic heterocycles. The molecule has 174 valence electrons. The molecule has 1 N–H and O–H groups in total. The van der Waals surface area contributed by atoms with Crippen LogP contribution >= 0.6 is 0 Å². The fourth-order valence-corrected chi connectivity index (χ4v) is 6.05. The van der Waals surface area contributed by atoms with Gasteiger partial charge in [-0.2, -0.15) is 4.31 Å². The summed E-state index contributed by atoms with van der Waals surface area (Å²) in [5.74, 6) is 0.106. The van der Waals surface area contributed by atoms with Crippen molar-refractivity contribution in [1.82, 2.24) is 14.5 Å². The summed E-state index contributed by atoms with van der Waals surface area (Å²) < 4.78 is 45.7. The number of piperidine rings is 2. The lowest BCUT2D eigenvalue weighted by Crippen LogP contribution is -2.45. The molecule has 1 unspecified atom stereocenters. The van der Waals surface area contributed by atoms with Gasteiger partial charge in [0.15, 0.2) is 0 Å². The number of halogens is 1. The van der Waals surface area contributed by atoms with E-state index in [0.717, 1.165) is 43.8 Å². The predicted octanol–water partition coefficient (Wildman–Crippen LogP) is 3.16. The summed E-state index contributed by atoms with van der Waals surface area (Å²) in [6, 6.07) is 8.66. The predicted molar refractivity (Wildman–Crippen MR) is 118 cm³/mol. The van der Waals surface area contributed by atoms with E-state index in [1.165, 1.54) is 22.9 Å². The Balaban J connectivity index is 1.32. The number of furan rings is 1. The molecule has 4 rings (SSSR count). The SMILES string of the molecule is O=C(NCC(c1ccco1)N1CCCCC1)C1CCN(S(=O)(=O)c2ccc(F)cc2)CC1. The minimum atomic E-state index is -3.68. The maximum atomic E-state index is 13.1. The number of carbonyl (C=O) groups excluding carboxylic acids is 1. The van der Waals surface area contributed by atoms with Crippen molar-refractivity contribution in [1.29, 1.82) is 0 Å². The van der Waals surface area contributed by atoms with Gasteiger partial charge in [0.05, 0.1) is 17.2 Å². The first-order valence-electron chi connectivity index (χ1n) is 11.3. The van der Waals surface area contributed by atoms with Crippen molar-refractivity contribution in [3.05, 3.63) is 54.2 Å². The van der Waals surface area contributed by atoms with Gasteiger partial charge in [0, 0.05) is 25.6 Å². The summed E-state index contributed by atoms with van der Waals surface area (Å²) in [7, 11) is -3.68. The van der Waals surface area contributed by atoms with Crippen LogP contribution in [0.2, 0.25) is 0 Å². The summed E-state index contributed by atoms with van der Waals surface area (Å²) in [6.07, 6.45) is 6.10. The molecule has 2 fully saturated rings. The number of sulfonamides is 1. The highest BCUT2D eigenvalue weighted by Gasteiger charge is 2.33. The second-order valence-electron chi connectivity index (χ2n) is 8.51. The number of nitrogens with one attached hydrogen (secondary N) is 1. The van der Waals surface area contributed by atoms with Crippen molar-refractivity contribution in [2.75, 3.05) is 32.7 Å². The molecule has 2 aliphatic rings. The van der Waals surface area contributed by atoms with E-state index in [4.69, 9.17) is 4.42 Å². The summed E-state index contributed by atoms with van der Waals surface area (Å²) in [6.45, 7) is 2.99. The van der Waals surface area contributed by atoms with Gasteiger partial charge < -0.3 is 9.73 Å². The Hall–Kier alpha value is -2.23. The van der Waals surface area contributed by atoms with Gasteiger partial charge in [0.2, 0.25) is 15.9 Å². The fourth-order valence-electron chi connectivity index (χ4n) is 4.58. The van der Waals surface area contributed by atoms with Gasteiger partial charge in [0.25, 0.3) is 0 Å². The Morgan fingerprint density at radius 1 is 1.06 bits per heavy atom. The molecule has 3 heterocycles. The lowest BCUT2D eigenvalue weighted by molar-refractivity contribution is -0.126. The Labute approximate surface area is 188 Å². The van der Waals surface area contributed by atoms with Crippen molar-refractivity contribution in [2.45, 2.75) is 43.0 Å². The zero-order valence-corrected chi connectivity index (χ0v) is 18.9. The molecule has 1 aromatic heterocycles. The minimum absolute atomic E-state index is 0.00759. The van der Waals surface area contributed by atoms with Crippen molar-refractivity contribution < 1.29 is 22.0 Å². The number of hydrogen-bond acceptors (Lipinski definition) is 5. The first-order chi connectivity index (χ1) is 15.4. The summed E-state index contributed by atoms with van der Waals surface area (Å²) >= 11 is 0. The standard InChI is InChI=1S/C23H30FN3O4S/c24-19-6-8-20(9-7-19)32(29,30)27-14-10-18(11-15-27)23(28)25-17-21(22-5-4-16-31-22)26-12-2-1-3-13-26/h4-9,16,18,21H,1-3,10-15,17H2,(H,25,28). The molecule has 1 amide bonds. The normalized spacial score (nSPS) is 20.2. The molecular weight excluding hydrogens is 433 g/mol. The maximum Gasteiger partial charge on any atom is 0.243 e. The van der Waals surface area contributed by atoms with Crippen LogP contribution in [0.4, 0.5) is 4.39 Å². The van der Waals surface area contributed by atoms with Crippen LogP contribution in [-0.2, 0) is 14.8 Å². The van der Waals surface area contributed by atoms with Crippen molar-refractivity contribution >= 4 is 15.9 Å². The second-order valence-corrected chi connectivity index (χ2v) is 10.4. The Kier molecular flexibility index (Phi) is 7.27. The lowest BCUT2D eigenvalue weighted by Gasteiger charge is -2.34. The van der Waals surface area contributed by atoms with Crippen LogP contribution < -0.4 is 5.32 Å². The van der Waals surface area contributed by atoms with Gasteiger partial charge in [-0.1, -0.05) is 6.42 Å². The number of hydrogen-bond donors (Lipinski definition) is 1. The summed E-state index contributed by atoms with van der Waals surface area (Å²) in [4.78, 5) is 15.3. The van der Waals surface area contributed by atoms with Crippen LogP contribution in [0.15, 0.2) is 52.0 Å². The molecule has 2 saturated heterocycles. The number of benzene rings is 1. The average molecular weight is 464 g/mol. The lowest BCUT2D eigenvalue weighted by atomic mass is 9.97. The molecule has 0 radical (unpaired) electrons. The van der Waals surface area contributed by atoms with E-state index in [1.807, 2.05) is 12.1 Å². The maximum absolute atomic E-state index is 13.1. The molecule has 0 saturated carbocycles. The fraction of sp³-hybridized carbons (Fsp3) is 0.522. The highest BCUT2D eigenvalue weighted by Crippen LogP contribution is 2.26. The number of likely N-dealkylation sites (tertiary alicyclic amines) is 1. The highest BCUT2D eigenvalue weighted by atomic mass is 32.2. The van der Waals surface area contributed by atoms with Gasteiger partial charge >= 0.3 is 0 Å². The molecule has 0 bridgehead atoms. The second kappa shape index (κ2) is 10.1. The molecule has 9 heteroatoms. The first-order valence-corrected chi connectivity index (χ1v) is 12.7. The van der Waals surface area contributed by atoms with Crippen molar-refractivity contribution in [3.8, 4) is 0 Å². The summed E-state index contributed by atoms with van der Waals surface area (Å²) in [5.41, 5.74) is 0. The van der Waals surface area contributed by atoms with E-state index in [2.05, 4.69) is 10.2 Å². The first kappa shape index (κ1) is 22.9. The number of rotatable bonds is 7. The topological polar surface area (TPSA) is 82.9 Å². The quantitative estimate of drug-likeness (QED) is 0.682. The van der Waals surface area contributed by atoms with E-state index in [9.17, 15) is 17.6 Å². The van der Waals surface area contributed by atoms with Gasteiger partial charge in [-0.25, -0.2) is 12.8 Å². The van der Waals surface area contributed by atoms with E-state index in [0.29, 0.717) is 19.4 Å². The van der Waals surface area contributed by atoms with Crippen LogP contribution in [-0.4, -0.2) is 56.3 Å². The van der Waals surface area contributed by atoms with Crippen molar-refractivity contribution in [2.24, 2.45) is 5.92 Å². The average Bonchev–Trinajstić information content (AvgIpc) is 3.35. The van der Waals surface area contributed by atoms with Crippen LogP contribution in [0, 0.1) is 11.7 Å². The van der Waals surface area contributed by atoms with Crippen LogP contribution in [0.25, 0.3) is 0 Å². The van der Waals surface area contributed by atoms with Gasteiger partial charge in [-0.05, 0) is 75.2 Å². The number of carbonyl (C=O) groups is 1.